The summed E-state index contributed by atoms with van der Waals surface area (Å²) in [6.45, 7) is 7.45. The standard InChI is InChI=1S/C24H32N4O/c1-16-4-3-8-24(16)9-12-28(13-10-24)23-21(15-29)27-22(17(2)26-23)19-6-5-18-7-11-25-20(18)14-19/h5-6,14,16,25,29H,3-4,7-13,15H2,1-2H3/t16-/m1/s1. The van der Waals surface area contributed by atoms with Gasteiger partial charge in [-0.3, -0.25) is 0 Å². The van der Waals surface area contributed by atoms with E-state index in [1.54, 1.807) is 0 Å². The van der Waals surface area contributed by atoms with E-state index in [-0.39, 0.29) is 6.61 Å². The number of hydrogen-bond donors (Lipinski definition) is 2. The van der Waals surface area contributed by atoms with Crippen LogP contribution in [0.1, 0.15) is 56.0 Å². The lowest BCUT2D eigenvalue weighted by Gasteiger charge is -2.43. The summed E-state index contributed by atoms with van der Waals surface area (Å²) in [6.07, 6.45) is 7.69. The van der Waals surface area contributed by atoms with Crippen LogP contribution in [-0.2, 0) is 13.0 Å². The monoisotopic (exact) mass is 392 g/mol. The summed E-state index contributed by atoms with van der Waals surface area (Å²) in [7, 11) is 0. The fourth-order valence-electron chi connectivity index (χ4n) is 5.83. The summed E-state index contributed by atoms with van der Waals surface area (Å²) in [4.78, 5) is 12.2. The van der Waals surface area contributed by atoms with Crippen LogP contribution >= 0.6 is 0 Å². The number of aliphatic hydroxyl groups excluding tert-OH is 1. The second-order valence-electron chi connectivity index (χ2n) is 9.28. The number of nitrogens with one attached hydrogen (secondary N) is 1. The fourth-order valence-corrected chi connectivity index (χ4v) is 5.83. The van der Waals surface area contributed by atoms with E-state index in [1.165, 1.54) is 43.4 Å². The van der Waals surface area contributed by atoms with Gasteiger partial charge in [-0.05, 0) is 55.6 Å². The molecule has 0 radical (unpaired) electrons. The molecule has 1 aromatic carbocycles. The SMILES string of the molecule is Cc1nc(N2CCC3(CCC[C@H]3C)CC2)c(CO)nc1-c1ccc2c(c1)NCC2. The first kappa shape index (κ1) is 18.9. The predicted octanol–water partition coefficient (Wildman–Crippen LogP) is 4.32. The van der Waals surface area contributed by atoms with Crippen molar-refractivity contribution in [2.45, 2.75) is 59.0 Å². The lowest BCUT2D eigenvalue weighted by Crippen LogP contribution is -2.42. The number of anilines is 2. The smallest absolute Gasteiger partial charge is 0.153 e. The van der Waals surface area contributed by atoms with Crippen molar-refractivity contribution in [3.63, 3.8) is 0 Å². The molecular weight excluding hydrogens is 360 g/mol. The summed E-state index contributed by atoms with van der Waals surface area (Å²) in [5.41, 5.74) is 6.69. The van der Waals surface area contributed by atoms with Crippen molar-refractivity contribution in [1.82, 2.24) is 9.97 Å². The van der Waals surface area contributed by atoms with Crippen LogP contribution in [0.25, 0.3) is 11.3 Å². The number of benzene rings is 1. The number of nitrogens with zero attached hydrogens (tertiary/aromatic N) is 3. The number of piperidine rings is 1. The number of rotatable bonds is 3. The van der Waals surface area contributed by atoms with Gasteiger partial charge in [-0.1, -0.05) is 31.9 Å². The lowest BCUT2D eigenvalue weighted by molar-refractivity contribution is 0.161. The molecule has 3 aliphatic rings. The first-order chi connectivity index (χ1) is 14.1. The van der Waals surface area contributed by atoms with Crippen molar-refractivity contribution < 1.29 is 5.11 Å². The topological polar surface area (TPSA) is 61.3 Å². The molecule has 154 valence electrons. The molecule has 0 bridgehead atoms. The largest absolute Gasteiger partial charge is 0.390 e. The van der Waals surface area contributed by atoms with Crippen molar-refractivity contribution in [3.8, 4) is 11.3 Å². The van der Waals surface area contributed by atoms with Crippen LogP contribution in [0.15, 0.2) is 18.2 Å². The normalized spacial score (nSPS) is 22.7. The first-order valence-corrected chi connectivity index (χ1v) is 11.2. The van der Waals surface area contributed by atoms with Crippen molar-refractivity contribution in [2.24, 2.45) is 11.3 Å². The highest BCUT2D eigenvalue weighted by Gasteiger charge is 2.42. The number of hydrogen-bond acceptors (Lipinski definition) is 5. The highest BCUT2D eigenvalue weighted by atomic mass is 16.3. The molecule has 1 aromatic heterocycles. The third-order valence-corrected chi connectivity index (χ3v) is 7.78. The number of aliphatic hydroxyl groups is 1. The maximum Gasteiger partial charge on any atom is 0.153 e. The number of aromatic nitrogens is 2. The molecule has 5 rings (SSSR count). The zero-order valence-electron chi connectivity index (χ0n) is 17.7. The minimum atomic E-state index is -0.0726. The summed E-state index contributed by atoms with van der Waals surface area (Å²) in [5.74, 6) is 1.72. The van der Waals surface area contributed by atoms with Crippen LogP contribution in [0, 0.1) is 18.3 Å². The molecule has 1 saturated heterocycles. The van der Waals surface area contributed by atoms with Gasteiger partial charge in [0.25, 0.3) is 0 Å². The Labute approximate surface area is 173 Å². The molecule has 2 N–H and O–H groups in total. The average Bonchev–Trinajstić information content (AvgIpc) is 3.35. The summed E-state index contributed by atoms with van der Waals surface area (Å²) >= 11 is 0. The third-order valence-electron chi connectivity index (χ3n) is 7.78. The molecule has 5 heteroatoms. The zero-order valence-corrected chi connectivity index (χ0v) is 17.7. The molecule has 1 aliphatic carbocycles. The highest BCUT2D eigenvalue weighted by molar-refractivity contribution is 5.71. The fraction of sp³-hybridized carbons (Fsp3) is 0.583. The van der Waals surface area contributed by atoms with Crippen LogP contribution in [0.5, 0.6) is 0 Å². The minimum absolute atomic E-state index is 0.0726. The summed E-state index contributed by atoms with van der Waals surface area (Å²) in [6, 6.07) is 6.49. The molecular formula is C24H32N4O. The molecule has 2 fully saturated rings. The van der Waals surface area contributed by atoms with Gasteiger partial charge >= 0.3 is 0 Å². The Balaban J connectivity index is 1.43. The summed E-state index contributed by atoms with van der Waals surface area (Å²) in [5, 5.41) is 13.5. The Kier molecular flexibility index (Phi) is 4.73. The second-order valence-corrected chi connectivity index (χ2v) is 9.28. The molecule has 5 nitrogen and oxygen atoms in total. The van der Waals surface area contributed by atoms with E-state index in [2.05, 4.69) is 35.3 Å². The van der Waals surface area contributed by atoms with Crippen LogP contribution in [0.3, 0.4) is 0 Å². The molecule has 1 atom stereocenters. The number of aryl methyl sites for hydroxylation is 1. The molecule has 2 aliphatic heterocycles. The Morgan fingerprint density at radius 1 is 1.21 bits per heavy atom. The van der Waals surface area contributed by atoms with E-state index in [0.717, 1.165) is 54.7 Å². The van der Waals surface area contributed by atoms with E-state index < -0.39 is 0 Å². The Bertz CT molecular complexity index is 917. The molecule has 0 amide bonds. The van der Waals surface area contributed by atoms with Gasteiger partial charge < -0.3 is 15.3 Å². The predicted molar refractivity (Wildman–Crippen MR) is 117 cm³/mol. The van der Waals surface area contributed by atoms with Gasteiger partial charge in [0.1, 0.15) is 5.69 Å². The van der Waals surface area contributed by atoms with Crippen molar-refractivity contribution >= 4 is 11.5 Å². The average molecular weight is 393 g/mol. The van der Waals surface area contributed by atoms with E-state index in [1.807, 2.05) is 6.92 Å². The van der Waals surface area contributed by atoms with Crippen LogP contribution in [-0.4, -0.2) is 34.7 Å². The molecule has 29 heavy (non-hydrogen) atoms. The van der Waals surface area contributed by atoms with Gasteiger partial charge in [0, 0.05) is 30.9 Å². The quantitative estimate of drug-likeness (QED) is 0.815. The molecule has 1 saturated carbocycles. The van der Waals surface area contributed by atoms with Crippen LogP contribution in [0.2, 0.25) is 0 Å². The Morgan fingerprint density at radius 2 is 2.03 bits per heavy atom. The lowest BCUT2D eigenvalue weighted by atomic mass is 9.71. The highest BCUT2D eigenvalue weighted by Crippen LogP contribution is 2.50. The van der Waals surface area contributed by atoms with Crippen LogP contribution in [0.4, 0.5) is 11.5 Å². The van der Waals surface area contributed by atoms with Gasteiger partial charge in [0.2, 0.25) is 0 Å². The van der Waals surface area contributed by atoms with E-state index in [9.17, 15) is 5.11 Å². The van der Waals surface area contributed by atoms with Gasteiger partial charge in [-0.15, -0.1) is 0 Å². The Hall–Kier alpha value is -2.14. The van der Waals surface area contributed by atoms with Crippen LogP contribution < -0.4 is 10.2 Å². The van der Waals surface area contributed by atoms with E-state index in [0.29, 0.717) is 11.1 Å². The summed E-state index contributed by atoms with van der Waals surface area (Å²) < 4.78 is 0. The third kappa shape index (κ3) is 3.20. The first-order valence-electron chi connectivity index (χ1n) is 11.2. The van der Waals surface area contributed by atoms with E-state index in [4.69, 9.17) is 9.97 Å². The maximum atomic E-state index is 10.1. The van der Waals surface area contributed by atoms with Gasteiger partial charge in [-0.25, -0.2) is 9.97 Å². The Morgan fingerprint density at radius 3 is 2.76 bits per heavy atom. The van der Waals surface area contributed by atoms with Crippen molar-refractivity contribution in [1.29, 1.82) is 0 Å². The molecule has 3 heterocycles. The van der Waals surface area contributed by atoms with Gasteiger partial charge in [0.05, 0.1) is 18.0 Å². The van der Waals surface area contributed by atoms with Gasteiger partial charge in [0.15, 0.2) is 5.82 Å². The van der Waals surface area contributed by atoms with Crippen molar-refractivity contribution in [3.05, 3.63) is 35.2 Å². The van der Waals surface area contributed by atoms with E-state index >= 15 is 0 Å². The molecule has 0 unspecified atom stereocenters. The number of fused-ring (bicyclic) bond motifs is 1. The maximum absolute atomic E-state index is 10.1. The second kappa shape index (κ2) is 7.28. The molecule has 2 aromatic rings. The van der Waals surface area contributed by atoms with Crippen molar-refractivity contribution in [2.75, 3.05) is 29.9 Å². The molecule has 1 spiro atoms. The minimum Gasteiger partial charge on any atom is -0.390 e. The van der Waals surface area contributed by atoms with Gasteiger partial charge in [-0.2, -0.15) is 0 Å². The zero-order chi connectivity index (χ0) is 20.0.